The van der Waals surface area contributed by atoms with Gasteiger partial charge in [-0.2, -0.15) is 0 Å². The summed E-state index contributed by atoms with van der Waals surface area (Å²) in [5.41, 5.74) is 2.75. The third-order valence-corrected chi connectivity index (χ3v) is 5.84. The molecule has 4 rings (SSSR count). The molecule has 2 atom stereocenters. The first-order valence-corrected chi connectivity index (χ1v) is 10.1. The average molecular weight is 365 g/mol. The van der Waals surface area contributed by atoms with E-state index >= 15 is 0 Å². The first-order chi connectivity index (χ1) is 12.2. The standard InChI is InChI=1S/C18H27N3O3S/c1-24-8-4-2-3-5-17(22)20-9-14-6-7-16(11-20)21(18(14)23)10-15-12-25-13-19-15/h12-14,16H,2-11H2,1H3. The summed E-state index contributed by atoms with van der Waals surface area (Å²) in [6, 6.07) is 0.130. The number of hydrogen-bond donors (Lipinski definition) is 0. The van der Waals surface area contributed by atoms with Crippen LogP contribution in [0.4, 0.5) is 0 Å². The highest BCUT2D eigenvalue weighted by atomic mass is 32.1. The van der Waals surface area contributed by atoms with Gasteiger partial charge in [-0.3, -0.25) is 9.59 Å². The number of thiazole rings is 1. The number of ether oxygens (including phenoxy) is 1. The fourth-order valence-electron chi connectivity index (χ4n) is 3.80. The van der Waals surface area contributed by atoms with Crippen LogP contribution in [0.15, 0.2) is 10.9 Å². The first-order valence-electron chi connectivity index (χ1n) is 9.13. The lowest BCUT2D eigenvalue weighted by molar-refractivity contribution is -0.140. The Morgan fingerprint density at radius 3 is 2.96 bits per heavy atom. The Labute approximate surface area is 153 Å². The zero-order chi connectivity index (χ0) is 17.6. The van der Waals surface area contributed by atoms with Crippen molar-refractivity contribution in [2.45, 2.75) is 51.1 Å². The summed E-state index contributed by atoms with van der Waals surface area (Å²) < 4.78 is 5.04. The largest absolute Gasteiger partial charge is 0.385 e. The molecule has 0 radical (unpaired) electrons. The van der Waals surface area contributed by atoms with Crippen LogP contribution in [0.25, 0.3) is 0 Å². The Hall–Kier alpha value is -1.47. The molecule has 4 heterocycles. The Balaban J connectivity index is 1.56. The lowest BCUT2D eigenvalue weighted by Crippen LogP contribution is -2.47. The lowest BCUT2D eigenvalue weighted by atomic mass is 9.94. The van der Waals surface area contributed by atoms with Crippen molar-refractivity contribution in [2.24, 2.45) is 5.92 Å². The number of unbranched alkanes of at least 4 members (excludes halogenated alkanes) is 2. The van der Waals surface area contributed by atoms with Crippen molar-refractivity contribution in [3.63, 3.8) is 0 Å². The van der Waals surface area contributed by atoms with Gasteiger partial charge < -0.3 is 14.5 Å². The number of nitrogens with zero attached hydrogens (tertiary/aromatic N) is 3. The molecule has 2 amide bonds. The highest BCUT2D eigenvalue weighted by Gasteiger charge is 2.41. The maximum atomic E-state index is 12.8. The molecule has 0 saturated carbocycles. The summed E-state index contributed by atoms with van der Waals surface area (Å²) in [5.74, 6) is 0.340. The molecule has 3 aliphatic rings. The van der Waals surface area contributed by atoms with Crippen molar-refractivity contribution >= 4 is 23.2 Å². The average Bonchev–Trinajstić information content (AvgIpc) is 2.97. The second-order valence-electron chi connectivity index (χ2n) is 6.98. The highest BCUT2D eigenvalue weighted by molar-refractivity contribution is 7.07. The van der Waals surface area contributed by atoms with E-state index in [1.165, 1.54) is 0 Å². The topological polar surface area (TPSA) is 62.7 Å². The van der Waals surface area contributed by atoms with E-state index in [2.05, 4.69) is 4.98 Å². The molecule has 1 aromatic heterocycles. The van der Waals surface area contributed by atoms with E-state index < -0.39 is 0 Å². The molecule has 0 N–H and O–H groups in total. The monoisotopic (exact) mass is 365 g/mol. The van der Waals surface area contributed by atoms with Crippen molar-refractivity contribution in [3.05, 3.63) is 16.6 Å². The van der Waals surface area contributed by atoms with Crippen LogP contribution in [0.5, 0.6) is 0 Å². The molecule has 3 saturated heterocycles. The van der Waals surface area contributed by atoms with Crippen LogP contribution in [0.1, 0.15) is 44.2 Å². The van der Waals surface area contributed by atoms with Crippen molar-refractivity contribution in [1.29, 1.82) is 0 Å². The van der Waals surface area contributed by atoms with Crippen LogP contribution in [-0.4, -0.2) is 59.4 Å². The van der Waals surface area contributed by atoms with Crippen LogP contribution in [0, 0.1) is 5.92 Å². The summed E-state index contributed by atoms with van der Waals surface area (Å²) in [4.78, 5) is 33.6. The summed E-state index contributed by atoms with van der Waals surface area (Å²) in [5, 5.41) is 1.99. The van der Waals surface area contributed by atoms with Gasteiger partial charge in [0.1, 0.15) is 0 Å². The minimum Gasteiger partial charge on any atom is -0.385 e. The minimum absolute atomic E-state index is 0.0465. The van der Waals surface area contributed by atoms with Crippen molar-refractivity contribution in [2.75, 3.05) is 26.8 Å². The van der Waals surface area contributed by atoms with Gasteiger partial charge in [-0.05, 0) is 25.7 Å². The number of rotatable bonds is 8. The molecule has 138 valence electrons. The molecule has 2 unspecified atom stereocenters. The minimum atomic E-state index is -0.0465. The van der Waals surface area contributed by atoms with Gasteiger partial charge in [0.05, 0.1) is 23.7 Å². The van der Waals surface area contributed by atoms with Crippen LogP contribution in [0.2, 0.25) is 0 Å². The molecule has 1 aromatic rings. The number of carbonyl (C=O) groups is 2. The summed E-state index contributed by atoms with van der Waals surface area (Å²) >= 11 is 1.55. The van der Waals surface area contributed by atoms with E-state index in [0.717, 1.165) is 44.4 Å². The number of carbonyl (C=O) groups excluding carboxylic acids is 2. The van der Waals surface area contributed by atoms with Gasteiger partial charge in [0.25, 0.3) is 0 Å². The quantitative estimate of drug-likeness (QED) is 0.663. The molecule has 2 bridgehead atoms. The number of hydrogen-bond acceptors (Lipinski definition) is 5. The van der Waals surface area contributed by atoms with Gasteiger partial charge >= 0.3 is 0 Å². The third-order valence-electron chi connectivity index (χ3n) is 5.20. The number of amides is 2. The molecule has 0 aliphatic carbocycles. The molecule has 3 fully saturated rings. The zero-order valence-corrected chi connectivity index (χ0v) is 15.7. The van der Waals surface area contributed by atoms with Crippen LogP contribution >= 0.6 is 11.3 Å². The molecule has 25 heavy (non-hydrogen) atoms. The molecule has 3 aliphatic heterocycles. The number of aromatic nitrogens is 1. The predicted octanol–water partition coefficient (Wildman–Crippen LogP) is 2.30. The van der Waals surface area contributed by atoms with E-state index in [1.807, 2.05) is 15.2 Å². The molecule has 0 spiro atoms. The van der Waals surface area contributed by atoms with E-state index in [4.69, 9.17) is 4.74 Å². The molecule has 7 heteroatoms. The lowest BCUT2D eigenvalue weighted by Gasteiger charge is -2.35. The van der Waals surface area contributed by atoms with Crippen LogP contribution < -0.4 is 0 Å². The SMILES string of the molecule is COCCCCCC(=O)N1CC2CCC(C1)N(Cc1cscn1)C2=O. The fraction of sp³-hybridized carbons (Fsp3) is 0.722. The summed E-state index contributed by atoms with van der Waals surface area (Å²) in [6.45, 7) is 2.58. The second-order valence-corrected chi connectivity index (χ2v) is 7.69. The number of piperidine rings is 1. The fourth-order valence-corrected chi connectivity index (χ4v) is 4.35. The molecular weight excluding hydrogens is 338 g/mol. The van der Waals surface area contributed by atoms with Gasteiger partial charge in [-0.25, -0.2) is 4.98 Å². The maximum Gasteiger partial charge on any atom is 0.228 e. The second kappa shape index (κ2) is 8.76. The Bertz CT molecular complexity index is 578. The van der Waals surface area contributed by atoms with Crippen LogP contribution in [-0.2, 0) is 20.9 Å². The first kappa shape index (κ1) is 18.3. The molecule has 6 nitrogen and oxygen atoms in total. The van der Waals surface area contributed by atoms with Gasteiger partial charge in [-0.15, -0.1) is 11.3 Å². The Morgan fingerprint density at radius 1 is 1.32 bits per heavy atom. The maximum absolute atomic E-state index is 12.8. The van der Waals surface area contributed by atoms with E-state index in [1.54, 1.807) is 24.0 Å². The summed E-state index contributed by atoms with van der Waals surface area (Å²) in [7, 11) is 1.70. The molecular formula is C18H27N3O3S. The van der Waals surface area contributed by atoms with Gasteiger partial charge in [0.15, 0.2) is 0 Å². The van der Waals surface area contributed by atoms with E-state index in [9.17, 15) is 9.59 Å². The van der Waals surface area contributed by atoms with E-state index in [0.29, 0.717) is 26.1 Å². The van der Waals surface area contributed by atoms with Crippen molar-refractivity contribution < 1.29 is 14.3 Å². The third kappa shape index (κ3) is 4.58. The van der Waals surface area contributed by atoms with Crippen LogP contribution in [0.3, 0.4) is 0 Å². The normalized spacial score (nSPS) is 23.2. The smallest absolute Gasteiger partial charge is 0.228 e. The highest BCUT2D eigenvalue weighted by Crippen LogP contribution is 2.30. The van der Waals surface area contributed by atoms with Crippen molar-refractivity contribution in [1.82, 2.24) is 14.8 Å². The van der Waals surface area contributed by atoms with Gasteiger partial charge in [0, 0.05) is 44.6 Å². The molecule has 0 aromatic carbocycles. The van der Waals surface area contributed by atoms with Crippen molar-refractivity contribution in [3.8, 4) is 0 Å². The Morgan fingerprint density at radius 2 is 2.20 bits per heavy atom. The predicted molar refractivity (Wildman–Crippen MR) is 96.1 cm³/mol. The van der Waals surface area contributed by atoms with E-state index in [-0.39, 0.29) is 23.8 Å². The van der Waals surface area contributed by atoms with Gasteiger partial charge in [-0.1, -0.05) is 6.42 Å². The van der Waals surface area contributed by atoms with Gasteiger partial charge in [0.2, 0.25) is 11.8 Å². The summed E-state index contributed by atoms with van der Waals surface area (Å²) in [6.07, 6.45) is 5.35. The number of methoxy groups -OCH3 is 1. The number of fused-ring (bicyclic) bond motifs is 4. The Kier molecular flexibility index (Phi) is 6.42. The zero-order valence-electron chi connectivity index (χ0n) is 14.9.